The van der Waals surface area contributed by atoms with Crippen molar-refractivity contribution in [3.8, 4) is 0 Å². The molecule has 1 radical (unpaired) electrons. The molecular weight excluding hydrogens is 138 g/mol. The monoisotopic (exact) mass is 156 g/mol. The van der Waals surface area contributed by atoms with Crippen LogP contribution in [0.15, 0.2) is 0 Å². The summed E-state index contributed by atoms with van der Waals surface area (Å²) >= 11 is 0. The molecule has 1 rings (SSSR count). The van der Waals surface area contributed by atoms with Gasteiger partial charge in [0.15, 0.2) is 0 Å². The van der Waals surface area contributed by atoms with Crippen LogP contribution in [0.2, 0.25) is 0 Å². The van der Waals surface area contributed by atoms with Gasteiger partial charge in [0.1, 0.15) is 0 Å². The van der Waals surface area contributed by atoms with Crippen molar-refractivity contribution in [3.05, 3.63) is 0 Å². The minimum Gasteiger partial charge on any atom is -0.317 e. The smallest absolute Gasteiger partial charge is 0.0959 e. The van der Waals surface area contributed by atoms with Crippen molar-refractivity contribution in [2.45, 2.75) is 38.7 Å². The van der Waals surface area contributed by atoms with Gasteiger partial charge in [-0.15, -0.1) is 0 Å². The molecule has 0 amide bonds. The van der Waals surface area contributed by atoms with E-state index in [0.717, 1.165) is 38.8 Å². The quantitative estimate of drug-likeness (QED) is 0.661. The molecule has 1 saturated heterocycles. The first kappa shape index (κ1) is 9.01. The summed E-state index contributed by atoms with van der Waals surface area (Å²) in [4.78, 5) is 0. The highest BCUT2D eigenvalue weighted by molar-refractivity contribution is 4.74. The molecule has 2 nitrogen and oxygen atoms in total. The molecule has 1 unspecified atom stereocenters. The Morgan fingerprint density at radius 1 is 1.45 bits per heavy atom. The number of rotatable bonds is 3. The van der Waals surface area contributed by atoms with Crippen molar-refractivity contribution in [3.63, 3.8) is 0 Å². The zero-order valence-electron chi connectivity index (χ0n) is 7.31. The normalized spacial score (nSPS) is 23.5. The fourth-order valence-corrected chi connectivity index (χ4v) is 1.74. The van der Waals surface area contributed by atoms with Crippen LogP contribution >= 0.6 is 0 Å². The lowest BCUT2D eigenvalue weighted by Crippen LogP contribution is -2.33. The maximum Gasteiger partial charge on any atom is 0.0959 e. The molecule has 0 bridgehead atoms. The third-order valence-electron chi connectivity index (χ3n) is 2.48. The van der Waals surface area contributed by atoms with Crippen LogP contribution in [-0.2, 0) is 5.11 Å². The zero-order chi connectivity index (χ0) is 8.10. The Morgan fingerprint density at radius 3 is 2.64 bits per heavy atom. The molecule has 2 heteroatoms. The largest absolute Gasteiger partial charge is 0.317 e. The predicted molar refractivity (Wildman–Crippen MR) is 45.0 cm³/mol. The van der Waals surface area contributed by atoms with E-state index in [1.54, 1.807) is 0 Å². The molecule has 0 aliphatic carbocycles. The Hall–Kier alpha value is -0.0800. The van der Waals surface area contributed by atoms with Crippen molar-refractivity contribution < 1.29 is 5.11 Å². The van der Waals surface area contributed by atoms with Crippen molar-refractivity contribution in [2.24, 2.45) is 5.92 Å². The van der Waals surface area contributed by atoms with E-state index in [0.29, 0.717) is 5.92 Å². The molecule has 1 aliphatic rings. The van der Waals surface area contributed by atoms with Crippen LogP contribution in [-0.4, -0.2) is 19.2 Å². The number of nitrogens with one attached hydrogen (secondary N) is 1. The van der Waals surface area contributed by atoms with Gasteiger partial charge in [-0.1, -0.05) is 13.3 Å². The number of hydrogen-bond donors (Lipinski definition) is 1. The molecule has 0 saturated carbocycles. The molecule has 0 spiro atoms. The fourth-order valence-electron chi connectivity index (χ4n) is 1.74. The summed E-state index contributed by atoms with van der Waals surface area (Å²) < 4.78 is 0. The second-order valence-corrected chi connectivity index (χ2v) is 3.41. The molecule has 1 N–H and O–H groups in total. The predicted octanol–water partition coefficient (Wildman–Crippen LogP) is 1.59. The fraction of sp³-hybridized carbons (Fsp3) is 1.00. The van der Waals surface area contributed by atoms with E-state index in [4.69, 9.17) is 0 Å². The highest BCUT2D eigenvalue weighted by Gasteiger charge is 2.21. The van der Waals surface area contributed by atoms with Crippen LogP contribution in [0.4, 0.5) is 0 Å². The van der Waals surface area contributed by atoms with Crippen LogP contribution in [0.5, 0.6) is 0 Å². The van der Waals surface area contributed by atoms with Gasteiger partial charge >= 0.3 is 0 Å². The maximum atomic E-state index is 11.5. The summed E-state index contributed by atoms with van der Waals surface area (Å²) in [7, 11) is 0. The van der Waals surface area contributed by atoms with Crippen LogP contribution in [0.3, 0.4) is 0 Å². The van der Waals surface area contributed by atoms with Gasteiger partial charge in [-0.25, -0.2) is 5.11 Å². The van der Waals surface area contributed by atoms with E-state index in [1.165, 1.54) is 0 Å². The van der Waals surface area contributed by atoms with Crippen molar-refractivity contribution in [1.29, 1.82) is 0 Å². The highest BCUT2D eigenvalue weighted by atomic mass is 16.3. The first-order valence-electron chi connectivity index (χ1n) is 4.71. The summed E-state index contributed by atoms with van der Waals surface area (Å²) in [5.41, 5.74) is 0. The first-order chi connectivity index (χ1) is 5.34. The van der Waals surface area contributed by atoms with E-state index >= 15 is 0 Å². The zero-order valence-corrected chi connectivity index (χ0v) is 7.31. The summed E-state index contributed by atoms with van der Waals surface area (Å²) in [5, 5.41) is 14.7. The van der Waals surface area contributed by atoms with Gasteiger partial charge in [-0.2, -0.15) is 0 Å². The molecule has 65 valence electrons. The summed E-state index contributed by atoms with van der Waals surface area (Å²) in [6.07, 6.45) is 3.80. The standard InChI is InChI=1S/C9H18NO/c1-2-3-9(11)8-4-6-10-7-5-8/h8-10H,2-7H2,1H3. The highest BCUT2D eigenvalue weighted by Crippen LogP contribution is 2.19. The Bertz CT molecular complexity index is 99.7. The van der Waals surface area contributed by atoms with E-state index in [9.17, 15) is 5.11 Å². The second-order valence-electron chi connectivity index (χ2n) is 3.41. The van der Waals surface area contributed by atoms with Crippen molar-refractivity contribution in [1.82, 2.24) is 5.32 Å². The topological polar surface area (TPSA) is 31.9 Å². The molecule has 0 aromatic carbocycles. The molecule has 0 aromatic rings. The number of piperidine rings is 1. The average Bonchev–Trinajstić information content (AvgIpc) is 2.07. The van der Waals surface area contributed by atoms with E-state index in [2.05, 4.69) is 12.2 Å². The molecule has 0 aromatic heterocycles. The Kier molecular flexibility index (Phi) is 3.87. The van der Waals surface area contributed by atoms with Crippen LogP contribution in [0, 0.1) is 5.92 Å². The van der Waals surface area contributed by atoms with E-state index < -0.39 is 0 Å². The number of hydrogen-bond acceptors (Lipinski definition) is 1. The third-order valence-corrected chi connectivity index (χ3v) is 2.48. The molecular formula is C9H18NO. The lowest BCUT2D eigenvalue weighted by molar-refractivity contribution is 0.0174. The van der Waals surface area contributed by atoms with Crippen LogP contribution < -0.4 is 5.32 Å². The SMILES string of the molecule is CCCC([O])C1CCNCC1. The summed E-state index contributed by atoms with van der Waals surface area (Å²) in [6, 6.07) is 0. The van der Waals surface area contributed by atoms with Gasteiger partial charge in [0, 0.05) is 0 Å². The van der Waals surface area contributed by atoms with Crippen molar-refractivity contribution >= 4 is 0 Å². The molecule has 1 heterocycles. The maximum absolute atomic E-state index is 11.5. The van der Waals surface area contributed by atoms with Gasteiger partial charge in [0.05, 0.1) is 6.10 Å². The third kappa shape index (κ3) is 2.80. The Labute approximate surface area is 69.0 Å². The molecule has 1 aliphatic heterocycles. The van der Waals surface area contributed by atoms with Gasteiger partial charge < -0.3 is 5.32 Å². The second kappa shape index (κ2) is 4.73. The van der Waals surface area contributed by atoms with Gasteiger partial charge in [-0.3, -0.25) is 0 Å². The van der Waals surface area contributed by atoms with Gasteiger partial charge in [0.2, 0.25) is 0 Å². The van der Waals surface area contributed by atoms with E-state index in [1.807, 2.05) is 0 Å². The first-order valence-corrected chi connectivity index (χ1v) is 4.71. The van der Waals surface area contributed by atoms with Crippen molar-refractivity contribution in [2.75, 3.05) is 13.1 Å². The van der Waals surface area contributed by atoms with Gasteiger partial charge in [0.25, 0.3) is 0 Å². The summed E-state index contributed by atoms with van der Waals surface area (Å²) in [6.45, 7) is 4.19. The minimum absolute atomic E-state index is 0.290. The Morgan fingerprint density at radius 2 is 2.09 bits per heavy atom. The lowest BCUT2D eigenvalue weighted by Gasteiger charge is -2.25. The van der Waals surface area contributed by atoms with Gasteiger partial charge in [-0.05, 0) is 38.3 Å². The van der Waals surface area contributed by atoms with Crippen LogP contribution in [0.1, 0.15) is 32.6 Å². The summed E-state index contributed by atoms with van der Waals surface area (Å²) in [5.74, 6) is 0.455. The average molecular weight is 156 g/mol. The minimum atomic E-state index is -0.290. The van der Waals surface area contributed by atoms with E-state index in [-0.39, 0.29) is 6.10 Å². The molecule has 1 fully saturated rings. The molecule has 11 heavy (non-hydrogen) atoms. The van der Waals surface area contributed by atoms with Crippen LogP contribution in [0.25, 0.3) is 0 Å². The Balaban J connectivity index is 2.21. The lowest BCUT2D eigenvalue weighted by atomic mass is 9.90. The molecule has 1 atom stereocenters.